The van der Waals surface area contributed by atoms with Gasteiger partial charge >= 0.3 is 0 Å². The number of aliphatic hydroxyl groups is 1. The molecule has 0 saturated heterocycles. The van der Waals surface area contributed by atoms with E-state index in [0.29, 0.717) is 17.8 Å². The summed E-state index contributed by atoms with van der Waals surface area (Å²) in [7, 11) is 0. The minimum absolute atomic E-state index is 0.164. The van der Waals surface area contributed by atoms with Crippen molar-refractivity contribution in [3.8, 4) is 0 Å². The van der Waals surface area contributed by atoms with Crippen LogP contribution in [-0.2, 0) is 0 Å². The fourth-order valence-electron chi connectivity index (χ4n) is 3.97. The van der Waals surface area contributed by atoms with E-state index in [4.69, 9.17) is 0 Å². The third-order valence-corrected chi connectivity index (χ3v) is 5.61. The Balaban J connectivity index is 1.94. The van der Waals surface area contributed by atoms with E-state index in [2.05, 4.69) is 44.3 Å². The summed E-state index contributed by atoms with van der Waals surface area (Å²) in [5, 5.41) is 13.1. The second kappa shape index (κ2) is 7.57. The summed E-state index contributed by atoms with van der Waals surface area (Å²) in [4.78, 5) is 0. The molecule has 0 spiro atoms. The molecule has 0 fully saturated rings. The Hall–Kier alpha value is -1.87. The Kier molecular flexibility index (Phi) is 5.43. The van der Waals surface area contributed by atoms with Gasteiger partial charge in [-0.1, -0.05) is 43.7 Å². The van der Waals surface area contributed by atoms with Crippen LogP contribution in [0.4, 0.5) is 10.1 Å². The lowest BCUT2D eigenvalue weighted by molar-refractivity contribution is 0.213. The zero-order valence-corrected chi connectivity index (χ0v) is 15.3. The molecular formula is C22H28FNO. The number of halogens is 1. The Morgan fingerprint density at radius 3 is 2.56 bits per heavy atom. The van der Waals surface area contributed by atoms with Gasteiger partial charge in [0.15, 0.2) is 0 Å². The highest BCUT2D eigenvalue weighted by Crippen LogP contribution is 2.46. The number of aliphatic hydroxyl groups excluding tert-OH is 1. The van der Waals surface area contributed by atoms with Gasteiger partial charge < -0.3 is 10.4 Å². The van der Waals surface area contributed by atoms with Crippen molar-refractivity contribution >= 4 is 5.69 Å². The molecule has 1 aliphatic rings. The average Bonchev–Trinajstić information content (AvgIpc) is 2.61. The number of rotatable bonds is 5. The van der Waals surface area contributed by atoms with E-state index in [1.165, 1.54) is 16.8 Å². The van der Waals surface area contributed by atoms with E-state index in [1.807, 2.05) is 12.1 Å². The standard InChI is InChI=1S/C22H28FNO/c1-14-5-11-21-20(12-14)16(3)19(10-4-15(2)13-25)22(24-21)17-6-8-18(23)9-7-17/h5-9,11-12,15-16,19,22,24-25H,4,10,13H2,1-3H3/t15?,16?,19?,22-/m0/s1. The lowest BCUT2D eigenvalue weighted by Gasteiger charge is -2.40. The maximum Gasteiger partial charge on any atom is 0.123 e. The van der Waals surface area contributed by atoms with Gasteiger partial charge in [-0.3, -0.25) is 0 Å². The summed E-state index contributed by atoms with van der Waals surface area (Å²) in [5.74, 6) is 0.930. The maximum atomic E-state index is 13.4. The van der Waals surface area contributed by atoms with Crippen molar-refractivity contribution in [3.63, 3.8) is 0 Å². The van der Waals surface area contributed by atoms with E-state index in [-0.39, 0.29) is 18.5 Å². The van der Waals surface area contributed by atoms with Crippen molar-refractivity contribution in [2.75, 3.05) is 11.9 Å². The molecule has 2 aromatic carbocycles. The van der Waals surface area contributed by atoms with Gasteiger partial charge in [-0.25, -0.2) is 4.39 Å². The summed E-state index contributed by atoms with van der Waals surface area (Å²) in [6.07, 6.45) is 2.03. The molecule has 134 valence electrons. The minimum Gasteiger partial charge on any atom is -0.396 e. The largest absolute Gasteiger partial charge is 0.396 e. The third-order valence-electron chi connectivity index (χ3n) is 5.61. The molecule has 25 heavy (non-hydrogen) atoms. The lowest BCUT2D eigenvalue weighted by Crippen LogP contribution is -2.31. The first-order valence-electron chi connectivity index (χ1n) is 9.23. The van der Waals surface area contributed by atoms with Crippen LogP contribution in [0, 0.1) is 24.6 Å². The van der Waals surface area contributed by atoms with E-state index < -0.39 is 0 Å². The number of hydrogen-bond donors (Lipinski definition) is 2. The normalized spacial score (nSPS) is 23.6. The molecule has 1 aliphatic heterocycles. The highest BCUT2D eigenvalue weighted by Gasteiger charge is 2.34. The molecule has 3 unspecified atom stereocenters. The van der Waals surface area contributed by atoms with Crippen molar-refractivity contribution < 1.29 is 9.50 Å². The van der Waals surface area contributed by atoms with Gasteiger partial charge in [0.1, 0.15) is 5.82 Å². The maximum absolute atomic E-state index is 13.4. The number of fused-ring (bicyclic) bond motifs is 1. The molecule has 3 rings (SSSR count). The van der Waals surface area contributed by atoms with Gasteiger partial charge in [-0.15, -0.1) is 0 Å². The van der Waals surface area contributed by atoms with Crippen molar-refractivity contribution in [3.05, 3.63) is 65.0 Å². The molecule has 0 saturated carbocycles. The van der Waals surface area contributed by atoms with Gasteiger partial charge in [-0.05, 0) is 66.8 Å². The number of anilines is 1. The Morgan fingerprint density at radius 1 is 1.16 bits per heavy atom. The Labute approximate surface area is 150 Å². The fraction of sp³-hybridized carbons (Fsp3) is 0.455. The SMILES string of the molecule is Cc1ccc2c(c1)C(C)C(CCC(C)CO)[C@H](c1ccc(F)cc1)N2. The monoisotopic (exact) mass is 341 g/mol. The zero-order chi connectivity index (χ0) is 18.0. The molecule has 3 heteroatoms. The van der Waals surface area contributed by atoms with Crippen LogP contribution in [0.2, 0.25) is 0 Å². The first-order chi connectivity index (χ1) is 12.0. The molecule has 4 atom stereocenters. The van der Waals surface area contributed by atoms with Gasteiger partial charge in [-0.2, -0.15) is 0 Å². The van der Waals surface area contributed by atoms with E-state index >= 15 is 0 Å². The van der Waals surface area contributed by atoms with Crippen LogP contribution in [0.3, 0.4) is 0 Å². The average molecular weight is 341 g/mol. The van der Waals surface area contributed by atoms with Gasteiger partial charge in [0.25, 0.3) is 0 Å². The van der Waals surface area contributed by atoms with E-state index in [0.717, 1.165) is 18.4 Å². The van der Waals surface area contributed by atoms with Crippen molar-refractivity contribution in [1.29, 1.82) is 0 Å². The fourth-order valence-corrected chi connectivity index (χ4v) is 3.97. The van der Waals surface area contributed by atoms with Gasteiger partial charge in [0.2, 0.25) is 0 Å². The predicted molar refractivity (Wildman–Crippen MR) is 101 cm³/mol. The van der Waals surface area contributed by atoms with Crippen LogP contribution in [0.5, 0.6) is 0 Å². The summed E-state index contributed by atoms with van der Waals surface area (Å²) < 4.78 is 13.4. The molecule has 0 radical (unpaired) electrons. The van der Waals surface area contributed by atoms with Crippen molar-refractivity contribution in [2.45, 2.75) is 45.6 Å². The topological polar surface area (TPSA) is 32.3 Å². The smallest absolute Gasteiger partial charge is 0.123 e. The molecular weight excluding hydrogens is 313 g/mol. The number of hydrogen-bond acceptors (Lipinski definition) is 2. The molecule has 0 aliphatic carbocycles. The second-order valence-electron chi connectivity index (χ2n) is 7.58. The van der Waals surface area contributed by atoms with Crippen molar-refractivity contribution in [2.24, 2.45) is 11.8 Å². The number of aryl methyl sites for hydroxylation is 1. The summed E-state index contributed by atoms with van der Waals surface area (Å²) in [6, 6.07) is 13.6. The molecule has 1 heterocycles. The van der Waals surface area contributed by atoms with Crippen LogP contribution >= 0.6 is 0 Å². The summed E-state index contributed by atoms with van der Waals surface area (Å²) in [6.45, 7) is 6.74. The predicted octanol–water partition coefficient (Wildman–Crippen LogP) is 5.43. The number of benzene rings is 2. The van der Waals surface area contributed by atoms with E-state index in [1.54, 1.807) is 12.1 Å². The Morgan fingerprint density at radius 2 is 1.88 bits per heavy atom. The molecule has 0 amide bonds. The summed E-state index contributed by atoms with van der Waals surface area (Å²) in [5.41, 5.74) is 4.94. The Bertz CT molecular complexity index is 712. The lowest BCUT2D eigenvalue weighted by atomic mass is 9.73. The molecule has 0 aromatic heterocycles. The minimum atomic E-state index is -0.200. The number of nitrogens with one attached hydrogen (secondary N) is 1. The van der Waals surface area contributed by atoms with Crippen LogP contribution in [0.15, 0.2) is 42.5 Å². The highest BCUT2D eigenvalue weighted by atomic mass is 19.1. The molecule has 2 N–H and O–H groups in total. The van der Waals surface area contributed by atoms with Crippen molar-refractivity contribution in [1.82, 2.24) is 0 Å². The first kappa shape index (κ1) is 17.9. The van der Waals surface area contributed by atoms with Crippen LogP contribution in [-0.4, -0.2) is 11.7 Å². The summed E-state index contributed by atoms with van der Waals surface area (Å²) >= 11 is 0. The van der Waals surface area contributed by atoms with Gasteiger partial charge in [0.05, 0.1) is 6.04 Å². The molecule has 2 aromatic rings. The third kappa shape index (κ3) is 3.87. The first-order valence-corrected chi connectivity index (χ1v) is 9.23. The van der Waals surface area contributed by atoms with Crippen LogP contribution in [0.25, 0.3) is 0 Å². The zero-order valence-electron chi connectivity index (χ0n) is 15.3. The van der Waals surface area contributed by atoms with Crippen LogP contribution < -0.4 is 5.32 Å². The highest BCUT2D eigenvalue weighted by molar-refractivity contribution is 5.58. The van der Waals surface area contributed by atoms with Crippen LogP contribution in [0.1, 0.15) is 55.3 Å². The van der Waals surface area contributed by atoms with E-state index in [9.17, 15) is 9.50 Å². The molecule has 0 bridgehead atoms. The van der Waals surface area contributed by atoms with Gasteiger partial charge in [0, 0.05) is 12.3 Å². The second-order valence-corrected chi connectivity index (χ2v) is 7.58. The molecule has 2 nitrogen and oxygen atoms in total. The quantitative estimate of drug-likeness (QED) is 0.760.